The summed E-state index contributed by atoms with van der Waals surface area (Å²) >= 11 is 1.66. The van der Waals surface area contributed by atoms with Gasteiger partial charge in [0.25, 0.3) is 0 Å². The second-order valence-electron chi connectivity index (χ2n) is 4.31. The third-order valence-corrected chi connectivity index (χ3v) is 4.22. The molecule has 0 saturated heterocycles. The van der Waals surface area contributed by atoms with Gasteiger partial charge in [0.05, 0.1) is 11.7 Å². The molecule has 1 atom stereocenters. The standard InChI is InChI=1S/C13H16N4O2S/c1-3-9-4-16-12(20-9)8(2)15-6-11-10(13(18)19)5-14-7-17-11/h4-5,7-8,15H,3,6H2,1-2H3,(H,18,19). The zero-order chi connectivity index (χ0) is 14.5. The van der Waals surface area contributed by atoms with Gasteiger partial charge >= 0.3 is 5.97 Å². The summed E-state index contributed by atoms with van der Waals surface area (Å²) in [4.78, 5) is 24.4. The number of hydrogen-bond acceptors (Lipinski definition) is 6. The van der Waals surface area contributed by atoms with E-state index in [2.05, 4.69) is 27.2 Å². The molecule has 20 heavy (non-hydrogen) atoms. The van der Waals surface area contributed by atoms with E-state index in [0.717, 1.165) is 11.4 Å². The van der Waals surface area contributed by atoms with Gasteiger partial charge in [-0.25, -0.2) is 19.7 Å². The van der Waals surface area contributed by atoms with Crippen molar-refractivity contribution in [2.24, 2.45) is 0 Å². The highest BCUT2D eigenvalue weighted by molar-refractivity contribution is 7.11. The molecule has 0 bridgehead atoms. The summed E-state index contributed by atoms with van der Waals surface area (Å²) in [5.74, 6) is -1.02. The van der Waals surface area contributed by atoms with Crippen LogP contribution in [-0.4, -0.2) is 26.0 Å². The summed E-state index contributed by atoms with van der Waals surface area (Å²) in [5.41, 5.74) is 0.604. The van der Waals surface area contributed by atoms with Gasteiger partial charge in [0.15, 0.2) is 0 Å². The number of thiazole rings is 1. The molecule has 2 heterocycles. The van der Waals surface area contributed by atoms with Crippen LogP contribution in [0.5, 0.6) is 0 Å². The van der Waals surface area contributed by atoms with Gasteiger partial charge in [-0.05, 0) is 13.3 Å². The molecule has 2 aromatic rings. The van der Waals surface area contributed by atoms with Crippen LogP contribution in [0.25, 0.3) is 0 Å². The molecule has 0 saturated carbocycles. The maximum absolute atomic E-state index is 11.1. The van der Waals surface area contributed by atoms with Gasteiger partial charge in [-0.1, -0.05) is 6.92 Å². The summed E-state index contributed by atoms with van der Waals surface area (Å²) < 4.78 is 0. The number of rotatable bonds is 6. The number of hydrogen-bond donors (Lipinski definition) is 2. The molecule has 106 valence electrons. The third-order valence-electron chi connectivity index (χ3n) is 2.89. The first-order chi connectivity index (χ1) is 9.61. The Labute approximate surface area is 120 Å². The predicted molar refractivity (Wildman–Crippen MR) is 75.7 cm³/mol. The van der Waals surface area contributed by atoms with Crippen LogP contribution in [0.2, 0.25) is 0 Å². The van der Waals surface area contributed by atoms with Crippen molar-refractivity contribution in [1.29, 1.82) is 0 Å². The molecule has 2 aromatic heterocycles. The van der Waals surface area contributed by atoms with E-state index in [1.165, 1.54) is 17.4 Å². The first-order valence-corrected chi connectivity index (χ1v) is 7.13. The Hall–Kier alpha value is -1.86. The van der Waals surface area contributed by atoms with Crippen LogP contribution >= 0.6 is 11.3 Å². The number of nitrogens with zero attached hydrogens (tertiary/aromatic N) is 3. The molecule has 0 spiro atoms. The maximum Gasteiger partial charge on any atom is 0.339 e. The molecule has 1 unspecified atom stereocenters. The second-order valence-corrected chi connectivity index (χ2v) is 5.46. The van der Waals surface area contributed by atoms with E-state index < -0.39 is 5.97 Å². The van der Waals surface area contributed by atoms with Crippen LogP contribution in [-0.2, 0) is 13.0 Å². The van der Waals surface area contributed by atoms with Gasteiger partial charge in [0, 0.05) is 23.8 Å². The number of carbonyl (C=O) groups is 1. The van der Waals surface area contributed by atoms with Crippen molar-refractivity contribution in [2.45, 2.75) is 32.9 Å². The lowest BCUT2D eigenvalue weighted by molar-refractivity contribution is 0.0694. The fourth-order valence-corrected chi connectivity index (χ4v) is 2.58. The second kappa shape index (κ2) is 6.53. The average Bonchev–Trinajstić information content (AvgIpc) is 2.94. The quantitative estimate of drug-likeness (QED) is 0.847. The largest absolute Gasteiger partial charge is 0.478 e. The number of aromatic nitrogens is 3. The van der Waals surface area contributed by atoms with E-state index in [1.54, 1.807) is 11.3 Å². The van der Waals surface area contributed by atoms with Crippen LogP contribution in [0, 0.1) is 0 Å². The lowest BCUT2D eigenvalue weighted by Gasteiger charge is -2.11. The van der Waals surface area contributed by atoms with Crippen LogP contribution in [0.1, 0.15) is 45.8 Å². The lowest BCUT2D eigenvalue weighted by atomic mass is 10.2. The average molecular weight is 292 g/mol. The van der Waals surface area contributed by atoms with Crippen molar-refractivity contribution in [3.05, 3.63) is 39.9 Å². The summed E-state index contributed by atoms with van der Waals surface area (Å²) in [6.45, 7) is 4.46. The molecular formula is C13H16N4O2S. The van der Waals surface area contributed by atoms with Crippen LogP contribution in [0.3, 0.4) is 0 Å². The van der Waals surface area contributed by atoms with Crippen LogP contribution < -0.4 is 5.32 Å². The summed E-state index contributed by atoms with van der Waals surface area (Å²) in [5, 5.41) is 13.3. The smallest absolute Gasteiger partial charge is 0.339 e. The van der Waals surface area contributed by atoms with Crippen molar-refractivity contribution < 1.29 is 9.90 Å². The van der Waals surface area contributed by atoms with Gasteiger partial charge in [-0.15, -0.1) is 11.3 Å². The van der Waals surface area contributed by atoms with E-state index in [0.29, 0.717) is 12.2 Å². The van der Waals surface area contributed by atoms with E-state index in [9.17, 15) is 4.79 Å². The summed E-state index contributed by atoms with van der Waals surface area (Å²) in [7, 11) is 0. The van der Waals surface area contributed by atoms with Crippen molar-refractivity contribution >= 4 is 17.3 Å². The Morgan fingerprint density at radius 3 is 2.90 bits per heavy atom. The first kappa shape index (κ1) is 14.5. The molecule has 2 N–H and O–H groups in total. The number of nitrogens with one attached hydrogen (secondary N) is 1. The fraction of sp³-hybridized carbons (Fsp3) is 0.385. The molecule has 0 aliphatic carbocycles. The molecule has 6 nitrogen and oxygen atoms in total. The number of carboxylic acids is 1. The van der Waals surface area contributed by atoms with E-state index in [1.807, 2.05) is 13.1 Å². The van der Waals surface area contributed by atoms with Gasteiger partial charge in [-0.3, -0.25) is 0 Å². The Kier molecular flexibility index (Phi) is 4.75. The van der Waals surface area contributed by atoms with Gasteiger partial charge in [0.2, 0.25) is 0 Å². The number of carboxylic acid groups (broad SMARTS) is 1. The zero-order valence-electron chi connectivity index (χ0n) is 11.3. The van der Waals surface area contributed by atoms with E-state index in [-0.39, 0.29) is 11.6 Å². The van der Waals surface area contributed by atoms with Crippen LogP contribution in [0.4, 0.5) is 0 Å². The lowest BCUT2D eigenvalue weighted by Crippen LogP contribution is -2.20. The van der Waals surface area contributed by atoms with Crippen LogP contribution in [0.15, 0.2) is 18.7 Å². The minimum atomic E-state index is -1.02. The highest BCUT2D eigenvalue weighted by Gasteiger charge is 2.14. The number of aromatic carboxylic acids is 1. The maximum atomic E-state index is 11.1. The molecule has 0 aliphatic rings. The molecule has 0 radical (unpaired) electrons. The molecule has 0 fully saturated rings. The highest BCUT2D eigenvalue weighted by Crippen LogP contribution is 2.20. The fourth-order valence-electron chi connectivity index (χ4n) is 1.70. The van der Waals surface area contributed by atoms with E-state index >= 15 is 0 Å². The minimum Gasteiger partial charge on any atom is -0.478 e. The minimum absolute atomic E-state index is 0.0527. The van der Waals surface area contributed by atoms with Crippen molar-refractivity contribution in [3.8, 4) is 0 Å². The highest BCUT2D eigenvalue weighted by atomic mass is 32.1. The van der Waals surface area contributed by atoms with Crippen molar-refractivity contribution in [1.82, 2.24) is 20.3 Å². The Morgan fingerprint density at radius 2 is 2.25 bits per heavy atom. The molecule has 0 aliphatic heterocycles. The molecule has 0 amide bonds. The number of aryl methyl sites for hydroxylation is 1. The van der Waals surface area contributed by atoms with Gasteiger partial charge in [0.1, 0.15) is 16.9 Å². The van der Waals surface area contributed by atoms with E-state index in [4.69, 9.17) is 5.11 Å². The topological polar surface area (TPSA) is 88.0 Å². The predicted octanol–water partition coefficient (Wildman–Crippen LogP) is 2.04. The normalized spacial score (nSPS) is 12.3. The summed E-state index contributed by atoms with van der Waals surface area (Å²) in [6.07, 6.45) is 5.52. The zero-order valence-corrected chi connectivity index (χ0v) is 12.1. The van der Waals surface area contributed by atoms with Gasteiger partial charge < -0.3 is 10.4 Å². The SMILES string of the molecule is CCc1cnc(C(C)NCc2ncncc2C(=O)O)s1. The monoisotopic (exact) mass is 292 g/mol. The Bertz CT molecular complexity index is 600. The van der Waals surface area contributed by atoms with Gasteiger partial charge in [-0.2, -0.15) is 0 Å². The molecule has 7 heteroatoms. The first-order valence-electron chi connectivity index (χ1n) is 6.32. The summed E-state index contributed by atoms with van der Waals surface area (Å²) in [6, 6.07) is 0.0527. The Morgan fingerprint density at radius 1 is 1.45 bits per heavy atom. The molecular weight excluding hydrogens is 276 g/mol. The van der Waals surface area contributed by atoms with Crippen molar-refractivity contribution in [3.63, 3.8) is 0 Å². The molecule has 0 aromatic carbocycles. The third kappa shape index (κ3) is 3.37. The Balaban J connectivity index is 2.03. The molecule has 2 rings (SSSR count). The van der Waals surface area contributed by atoms with Crippen molar-refractivity contribution in [2.75, 3.05) is 0 Å².